The Morgan fingerprint density at radius 1 is 1.12 bits per heavy atom. The van der Waals surface area contributed by atoms with Gasteiger partial charge in [-0.1, -0.05) is 48.0 Å². The Labute approximate surface area is 155 Å². The number of methoxy groups -OCH3 is 1. The lowest BCUT2D eigenvalue weighted by Crippen LogP contribution is -2.11. The van der Waals surface area contributed by atoms with Crippen LogP contribution in [0.3, 0.4) is 0 Å². The summed E-state index contributed by atoms with van der Waals surface area (Å²) in [6.07, 6.45) is 0.110. The van der Waals surface area contributed by atoms with Gasteiger partial charge in [-0.25, -0.2) is 4.98 Å². The first-order valence-corrected chi connectivity index (χ1v) is 8.88. The van der Waals surface area contributed by atoms with Crippen LogP contribution >= 0.6 is 11.3 Å². The van der Waals surface area contributed by atoms with E-state index in [0.29, 0.717) is 16.4 Å². The molecule has 3 aromatic rings. The van der Waals surface area contributed by atoms with Gasteiger partial charge in [-0.3, -0.25) is 14.9 Å². The quantitative estimate of drug-likeness (QED) is 0.691. The van der Waals surface area contributed by atoms with Crippen LogP contribution in [0, 0.1) is 6.92 Å². The van der Waals surface area contributed by atoms with Crippen molar-refractivity contribution in [2.45, 2.75) is 13.3 Å². The van der Waals surface area contributed by atoms with Gasteiger partial charge < -0.3 is 4.74 Å². The number of carbonyl (C=O) groups is 2. The van der Waals surface area contributed by atoms with Gasteiger partial charge in [-0.05, 0) is 19.1 Å². The molecule has 0 aliphatic carbocycles. The molecule has 5 nitrogen and oxygen atoms in total. The van der Waals surface area contributed by atoms with Gasteiger partial charge in [-0.2, -0.15) is 0 Å². The van der Waals surface area contributed by atoms with E-state index in [1.807, 2.05) is 55.5 Å². The average molecular weight is 366 g/mol. The van der Waals surface area contributed by atoms with E-state index in [1.54, 1.807) is 6.07 Å². The normalized spacial score (nSPS) is 10.4. The fourth-order valence-electron chi connectivity index (χ4n) is 2.51. The summed E-state index contributed by atoms with van der Waals surface area (Å²) in [4.78, 5) is 29.5. The molecule has 2 aromatic carbocycles. The first-order chi connectivity index (χ1) is 12.6. The minimum Gasteiger partial charge on any atom is -0.469 e. The molecule has 0 unspecified atom stereocenters. The Hall–Kier alpha value is -2.99. The summed E-state index contributed by atoms with van der Waals surface area (Å²) in [5.74, 6) is -0.575. The molecular weight excluding hydrogens is 348 g/mol. The van der Waals surface area contributed by atoms with E-state index in [9.17, 15) is 9.59 Å². The van der Waals surface area contributed by atoms with E-state index in [4.69, 9.17) is 4.74 Å². The van der Waals surface area contributed by atoms with Crippen molar-refractivity contribution in [1.29, 1.82) is 0 Å². The van der Waals surface area contributed by atoms with Crippen LogP contribution in [0.4, 0.5) is 5.13 Å². The zero-order valence-electron chi connectivity index (χ0n) is 14.5. The van der Waals surface area contributed by atoms with E-state index in [-0.39, 0.29) is 18.3 Å². The number of thiazole rings is 1. The third-order valence-corrected chi connectivity index (χ3v) is 4.75. The van der Waals surface area contributed by atoms with Crippen molar-refractivity contribution in [3.8, 4) is 11.3 Å². The van der Waals surface area contributed by atoms with Crippen molar-refractivity contribution < 1.29 is 14.3 Å². The van der Waals surface area contributed by atoms with Gasteiger partial charge in [-0.15, -0.1) is 11.3 Å². The zero-order chi connectivity index (χ0) is 18.5. The molecule has 1 aromatic heterocycles. The second-order valence-electron chi connectivity index (χ2n) is 5.73. The minimum atomic E-state index is -0.345. The molecule has 1 heterocycles. The van der Waals surface area contributed by atoms with E-state index < -0.39 is 0 Å². The van der Waals surface area contributed by atoms with Gasteiger partial charge in [0, 0.05) is 16.0 Å². The first kappa shape index (κ1) is 17.8. The fraction of sp³-hybridized carbons (Fsp3) is 0.150. The molecule has 6 heteroatoms. The van der Waals surface area contributed by atoms with Gasteiger partial charge in [0.05, 0.1) is 19.2 Å². The molecule has 3 rings (SSSR count). The fourth-order valence-corrected chi connectivity index (χ4v) is 3.47. The van der Waals surface area contributed by atoms with E-state index in [0.717, 1.165) is 16.0 Å². The SMILES string of the molecule is COC(=O)Cc1sc(NC(=O)c2cccc(C)c2)nc1-c1ccccc1. The van der Waals surface area contributed by atoms with Crippen molar-refractivity contribution in [2.75, 3.05) is 12.4 Å². The molecule has 0 saturated carbocycles. The largest absolute Gasteiger partial charge is 0.469 e. The van der Waals surface area contributed by atoms with Gasteiger partial charge in [0.25, 0.3) is 5.91 Å². The van der Waals surface area contributed by atoms with Crippen LogP contribution in [0.5, 0.6) is 0 Å². The summed E-state index contributed by atoms with van der Waals surface area (Å²) in [6, 6.07) is 16.9. The molecule has 132 valence electrons. The number of carbonyl (C=O) groups excluding carboxylic acids is 2. The van der Waals surface area contributed by atoms with Crippen molar-refractivity contribution >= 4 is 28.3 Å². The van der Waals surface area contributed by atoms with Crippen molar-refractivity contribution in [1.82, 2.24) is 4.98 Å². The number of benzene rings is 2. The van der Waals surface area contributed by atoms with Crippen LogP contribution < -0.4 is 5.32 Å². The maximum Gasteiger partial charge on any atom is 0.310 e. The molecule has 0 atom stereocenters. The van der Waals surface area contributed by atoms with Crippen LogP contribution in [-0.4, -0.2) is 24.0 Å². The lowest BCUT2D eigenvalue weighted by molar-refractivity contribution is -0.139. The van der Waals surface area contributed by atoms with Crippen LogP contribution in [0.25, 0.3) is 11.3 Å². The number of aryl methyl sites for hydroxylation is 1. The average Bonchev–Trinajstić information content (AvgIpc) is 3.04. The molecule has 0 saturated heterocycles. The van der Waals surface area contributed by atoms with E-state index in [2.05, 4.69) is 10.3 Å². The summed E-state index contributed by atoms with van der Waals surface area (Å²) >= 11 is 1.28. The van der Waals surface area contributed by atoms with Crippen molar-refractivity contribution in [2.24, 2.45) is 0 Å². The third kappa shape index (κ3) is 4.15. The number of anilines is 1. The number of hydrogen-bond acceptors (Lipinski definition) is 5. The molecule has 0 spiro atoms. The van der Waals surface area contributed by atoms with Crippen LogP contribution in [0.2, 0.25) is 0 Å². The second-order valence-corrected chi connectivity index (χ2v) is 6.82. The Balaban J connectivity index is 1.90. The third-order valence-electron chi connectivity index (χ3n) is 3.78. The smallest absolute Gasteiger partial charge is 0.310 e. The standard InChI is InChI=1S/C20H18N2O3S/c1-13-7-6-10-15(11-13)19(24)22-20-21-18(14-8-4-3-5-9-14)16(26-20)12-17(23)25-2/h3-11H,12H2,1-2H3,(H,21,22,24). The predicted octanol–water partition coefficient (Wildman–Crippen LogP) is 4.09. The molecular formula is C20H18N2O3S. The molecule has 0 radical (unpaired) electrons. The maximum absolute atomic E-state index is 12.5. The number of nitrogens with one attached hydrogen (secondary N) is 1. The lowest BCUT2D eigenvalue weighted by atomic mass is 10.1. The second kappa shape index (κ2) is 7.93. The molecule has 0 bridgehead atoms. The van der Waals surface area contributed by atoms with Crippen molar-refractivity contribution in [3.05, 3.63) is 70.6 Å². The molecule has 26 heavy (non-hydrogen) atoms. The number of nitrogens with zero attached hydrogens (tertiary/aromatic N) is 1. The molecule has 0 fully saturated rings. The van der Waals surface area contributed by atoms with Gasteiger partial charge in [0.1, 0.15) is 0 Å². The summed E-state index contributed by atoms with van der Waals surface area (Å²) in [6.45, 7) is 1.93. The summed E-state index contributed by atoms with van der Waals surface area (Å²) in [5.41, 5.74) is 3.14. The molecule has 0 aliphatic rings. The molecule has 1 N–H and O–H groups in total. The van der Waals surface area contributed by atoms with Crippen molar-refractivity contribution in [3.63, 3.8) is 0 Å². The molecule has 1 amide bonds. The van der Waals surface area contributed by atoms with E-state index in [1.165, 1.54) is 18.4 Å². The first-order valence-electron chi connectivity index (χ1n) is 8.07. The van der Waals surface area contributed by atoms with E-state index >= 15 is 0 Å². The summed E-state index contributed by atoms with van der Waals surface area (Å²) in [5, 5.41) is 3.28. The van der Waals surface area contributed by atoms with Gasteiger partial charge in [0.2, 0.25) is 0 Å². The highest BCUT2D eigenvalue weighted by Crippen LogP contribution is 2.32. The molecule has 0 aliphatic heterocycles. The number of esters is 1. The minimum absolute atomic E-state index is 0.110. The lowest BCUT2D eigenvalue weighted by Gasteiger charge is -2.02. The topological polar surface area (TPSA) is 68.3 Å². The highest BCUT2D eigenvalue weighted by atomic mass is 32.1. The Morgan fingerprint density at radius 3 is 2.58 bits per heavy atom. The maximum atomic E-state index is 12.5. The number of ether oxygens (including phenoxy) is 1. The summed E-state index contributed by atoms with van der Waals surface area (Å²) in [7, 11) is 1.35. The summed E-state index contributed by atoms with van der Waals surface area (Å²) < 4.78 is 4.77. The predicted molar refractivity (Wildman–Crippen MR) is 102 cm³/mol. The highest BCUT2D eigenvalue weighted by molar-refractivity contribution is 7.16. The Bertz CT molecular complexity index is 935. The van der Waals surface area contributed by atoms with Gasteiger partial charge in [0.15, 0.2) is 5.13 Å². The number of rotatable bonds is 5. The van der Waals surface area contributed by atoms with Crippen LogP contribution in [-0.2, 0) is 16.0 Å². The Kier molecular flexibility index (Phi) is 5.43. The van der Waals surface area contributed by atoms with Crippen LogP contribution in [0.1, 0.15) is 20.8 Å². The monoisotopic (exact) mass is 366 g/mol. The van der Waals surface area contributed by atoms with Gasteiger partial charge >= 0.3 is 5.97 Å². The number of aromatic nitrogens is 1. The Morgan fingerprint density at radius 2 is 1.88 bits per heavy atom. The number of amides is 1. The number of hydrogen-bond donors (Lipinski definition) is 1. The van der Waals surface area contributed by atoms with Crippen LogP contribution in [0.15, 0.2) is 54.6 Å². The highest BCUT2D eigenvalue weighted by Gasteiger charge is 2.18. The zero-order valence-corrected chi connectivity index (χ0v) is 15.3.